The molecule has 0 atom stereocenters. The van der Waals surface area contributed by atoms with Crippen LogP contribution < -0.4 is 9.88 Å². The first-order chi connectivity index (χ1) is 12.2. The Morgan fingerprint density at radius 3 is 2.31 bits per heavy atom. The van der Waals surface area contributed by atoms with Crippen molar-refractivity contribution in [1.29, 1.82) is 0 Å². The molecule has 1 aromatic heterocycles. The van der Waals surface area contributed by atoms with Crippen LogP contribution in [0.5, 0.6) is 0 Å². The van der Waals surface area contributed by atoms with Crippen LogP contribution >= 0.6 is 11.6 Å². The van der Waals surface area contributed by atoms with Gasteiger partial charge >= 0.3 is 0 Å². The number of rotatable bonds is 5. The molecule has 136 valence electrons. The molecule has 0 fully saturated rings. The average molecular weight is 372 g/mol. The normalized spacial score (nSPS) is 12.0. The minimum atomic E-state index is -0.452. The molecule has 1 heterocycles. The number of carbonyl (C=O) groups excluding carboxylic acids is 2. The van der Waals surface area contributed by atoms with E-state index >= 15 is 0 Å². The van der Waals surface area contributed by atoms with Gasteiger partial charge in [-0.15, -0.1) is 0 Å². The summed E-state index contributed by atoms with van der Waals surface area (Å²) in [6.45, 7) is 5.83. The van der Waals surface area contributed by atoms with Gasteiger partial charge in [0.2, 0.25) is 18.2 Å². The van der Waals surface area contributed by atoms with Crippen LogP contribution in [0.25, 0.3) is 5.57 Å². The average Bonchev–Trinajstić information content (AvgIpc) is 2.61. The first kappa shape index (κ1) is 19.9. The lowest BCUT2D eigenvalue weighted by atomic mass is 9.91. The van der Waals surface area contributed by atoms with Gasteiger partial charge in [-0.3, -0.25) is 9.59 Å². The van der Waals surface area contributed by atoms with Crippen LogP contribution in [0.1, 0.15) is 31.9 Å². The first-order valence-corrected chi connectivity index (χ1v) is 8.81. The zero-order valence-electron chi connectivity index (χ0n) is 15.5. The zero-order chi connectivity index (χ0) is 19.3. The monoisotopic (exact) mass is 371 g/mol. The number of ketones is 1. The van der Waals surface area contributed by atoms with E-state index in [1.165, 1.54) is 0 Å². The topological polar surface area (TPSA) is 50.1 Å². The Morgan fingerprint density at radius 1 is 1.08 bits per heavy atom. The number of pyridine rings is 1. The minimum Gasteiger partial charge on any atom is -0.356 e. The molecular weight excluding hydrogens is 348 g/mol. The maximum Gasteiger partial charge on any atom is 0.275 e. The van der Waals surface area contributed by atoms with Crippen molar-refractivity contribution in [3.8, 4) is 0 Å². The van der Waals surface area contributed by atoms with Crippen LogP contribution in [-0.4, -0.2) is 18.7 Å². The number of Topliss-reactive ketones (excluding diaryl/α,β-unsaturated/α-hetero) is 1. The van der Waals surface area contributed by atoms with E-state index in [4.69, 9.17) is 11.6 Å². The van der Waals surface area contributed by atoms with Gasteiger partial charge in [-0.1, -0.05) is 51.1 Å². The Kier molecular flexibility index (Phi) is 6.32. The lowest BCUT2D eigenvalue weighted by molar-refractivity contribution is -0.682. The maximum absolute atomic E-state index is 12.4. The summed E-state index contributed by atoms with van der Waals surface area (Å²) in [6.07, 6.45) is 3.36. The largest absolute Gasteiger partial charge is 0.356 e. The molecule has 0 aliphatic heterocycles. The van der Waals surface area contributed by atoms with Gasteiger partial charge in [0.05, 0.1) is 0 Å². The van der Waals surface area contributed by atoms with E-state index in [1.54, 1.807) is 23.8 Å². The number of aromatic nitrogens is 1. The number of nitrogens with zero attached hydrogens (tertiary/aromatic N) is 1. The Bertz CT molecular complexity index is 837. The molecule has 0 aliphatic rings. The molecule has 2 aromatic rings. The van der Waals surface area contributed by atoms with Gasteiger partial charge in [0, 0.05) is 35.7 Å². The fourth-order valence-corrected chi connectivity index (χ4v) is 2.53. The zero-order valence-corrected chi connectivity index (χ0v) is 16.3. The molecule has 1 amide bonds. The van der Waals surface area contributed by atoms with Gasteiger partial charge in [-0.25, -0.2) is 0 Å². The fraction of sp³-hybridized carbons (Fsp3) is 0.286. The summed E-state index contributed by atoms with van der Waals surface area (Å²) in [4.78, 5) is 24.4. The lowest BCUT2D eigenvalue weighted by Gasteiger charge is -2.14. The third-order valence-electron chi connectivity index (χ3n) is 4.04. The highest BCUT2D eigenvalue weighted by atomic mass is 35.5. The highest BCUT2D eigenvalue weighted by molar-refractivity contribution is 6.28. The van der Waals surface area contributed by atoms with E-state index < -0.39 is 5.41 Å². The number of nitrogens with one attached hydrogen (secondary N) is 1. The van der Waals surface area contributed by atoms with Gasteiger partial charge < -0.3 is 5.32 Å². The molecule has 1 aromatic carbocycles. The molecule has 0 radical (unpaired) electrons. The van der Waals surface area contributed by atoms with E-state index in [9.17, 15) is 9.59 Å². The summed E-state index contributed by atoms with van der Waals surface area (Å²) in [6, 6.07) is 13.2. The van der Waals surface area contributed by atoms with Crippen molar-refractivity contribution in [3.05, 3.63) is 71.0 Å². The fourth-order valence-electron chi connectivity index (χ4n) is 2.35. The highest BCUT2D eigenvalue weighted by Gasteiger charge is 2.26. The number of amides is 1. The van der Waals surface area contributed by atoms with Gasteiger partial charge in [0.1, 0.15) is 0 Å². The molecule has 0 saturated carbocycles. The van der Waals surface area contributed by atoms with Crippen LogP contribution in [-0.2, 0) is 16.1 Å². The van der Waals surface area contributed by atoms with Crippen LogP contribution in [0.15, 0.2) is 54.7 Å². The second-order valence-corrected chi connectivity index (χ2v) is 7.47. The van der Waals surface area contributed by atoms with Crippen LogP contribution in [0, 0.1) is 5.41 Å². The van der Waals surface area contributed by atoms with E-state index in [0.717, 1.165) is 16.7 Å². The second kappa shape index (κ2) is 8.28. The van der Waals surface area contributed by atoms with Crippen molar-refractivity contribution in [1.82, 2.24) is 5.32 Å². The number of likely N-dealkylation sites (N-methyl/N-ethyl adjacent to an activating group) is 1. The Hall–Kier alpha value is -2.46. The van der Waals surface area contributed by atoms with Gasteiger partial charge in [0.15, 0.2) is 6.20 Å². The SMILES string of the molecule is CNC(=O)/C=C(\c1ccccc1)c1ccc(Cl)[n+](CC(=O)C(C)(C)C)c1. The number of halogens is 1. The van der Waals surface area contributed by atoms with E-state index in [2.05, 4.69) is 5.32 Å². The number of hydrogen-bond donors (Lipinski definition) is 1. The smallest absolute Gasteiger partial charge is 0.275 e. The van der Waals surface area contributed by atoms with E-state index in [0.29, 0.717) is 5.15 Å². The van der Waals surface area contributed by atoms with Crippen molar-refractivity contribution >= 4 is 28.9 Å². The molecule has 0 saturated heterocycles. The quantitative estimate of drug-likeness (QED) is 0.497. The highest BCUT2D eigenvalue weighted by Crippen LogP contribution is 2.23. The third-order valence-corrected chi connectivity index (χ3v) is 4.38. The first-order valence-electron chi connectivity index (χ1n) is 8.44. The molecule has 1 N–H and O–H groups in total. The standard InChI is InChI=1S/C21H23ClN2O2/c1-21(2,3)18(25)14-24-13-16(10-11-19(24)22)17(12-20(26)23-4)15-8-6-5-7-9-15/h5-13H,14H2,1-4H3/p+1/b17-12+. The molecule has 0 bridgehead atoms. The Labute approximate surface area is 159 Å². The summed E-state index contributed by atoms with van der Waals surface area (Å²) < 4.78 is 1.71. The summed E-state index contributed by atoms with van der Waals surface area (Å²) in [5.41, 5.74) is 2.03. The maximum atomic E-state index is 12.4. The molecule has 0 aliphatic carbocycles. The van der Waals surface area contributed by atoms with Crippen molar-refractivity contribution in [2.24, 2.45) is 5.41 Å². The van der Waals surface area contributed by atoms with Crippen molar-refractivity contribution in [3.63, 3.8) is 0 Å². The van der Waals surface area contributed by atoms with Crippen LogP contribution in [0.2, 0.25) is 5.15 Å². The third kappa shape index (κ3) is 5.02. The molecule has 0 spiro atoms. The Morgan fingerprint density at radius 2 is 1.73 bits per heavy atom. The summed E-state index contributed by atoms with van der Waals surface area (Å²) in [7, 11) is 1.59. The second-order valence-electron chi connectivity index (χ2n) is 7.08. The lowest BCUT2D eigenvalue weighted by Crippen LogP contribution is -2.43. The van der Waals surface area contributed by atoms with Gasteiger partial charge in [0.25, 0.3) is 5.15 Å². The molecule has 4 nitrogen and oxygen atoms in total. The van der Waals surface area contributed by atoms with E-state index in [-0.39, 0.29) is 18.2 Å². The summed E-state index contributed by atoms with van der Waals surface area (Å²) in [5, 5.41) is 3.08. The number of benzene rings is 1. The molecule has 2 rings (SSSR count). The van der Waals surface area contributed by atoms with Crippen molar-refractivity contribution < 1.29 is 14.2 Å². The molecular formula is C21H24ClN2O2+. The number of hydrogen-bond acceptors (Lipinski definition) is 2. The van der Waals surface area contributed by atoms with Gasteiger partial charge in [-0.2, -0.15) is 4.57 Å². The van der Waals surface area contributed by atoms with Crippen LogP contribution in [0.3, 0.4) is 0 Å². The summed E-state index contributed by atoms with van der Waals surface area (Å²) >= 11 is 6.29. The predicted molar refractivity (Wildman–Crippen MR) is 104 cm³/mol. The molecule has 0 unspecified atom stereocenters. The molecule has 26 heavy (non-hydrogen) atoms. The van der Waals surface area contributed by atoms with Crippen molar-refractivity contribution in [2.75, 3.05) is 7.05 Å². The van der Waals surface area contributed by atoms with Crippen LogP contribution in [0.4, 0.5) is 0 Å². The predicted octanol–water partition coefficient (Wildman–Crippen LogP) is 3.42. The number of carbonyl (C=O) groups is 2. The summed E-state index contributed by atoms with van der Waals surface area (Å²) in [5.74, 6) is -0.116. The van der Waals surface area contributed by atoms with Crippen molar-refractivity contribution in [2.45, 2.75) is 27.3 Å². The van der Waals surface area contributed by atoms with Gasteiger partial charge in [-0.05, 0) is 23.2 Å². The molecule has 5 heteroatoms. The minimum absolute atomic E-state index is 0.0816. The van der Waals surface area contributed by atoms with E-state index in [1.807, 2.05) is 63.4 Å². The Balaban J connectivity index is 2.50.